The maximum Gasteiger partial charge on any atom is 0.0732 e. The minimum Gasteiger partial charge on any atom is -0.379 e. The van der Waals surface area contributed by atoms with Gasteiger partial charge in [-0.05, 0) is 25.1 Å². The third kappa shape index (κ3) is 3.75. The Balaban J connectivity index is 2.17. The average Bonchev–Trinajstić information content (AvgIpc) is 2.46. The van der Waals surface area contributed by atoms with Crippen LogP contribution in [0.25, 0.3) is 10.9 Å². The standard InChI is InChI=1S/C16H22N2O/c1-3-11-19-12-16(17-4-2)15-10-9-13-7-5-6-8-14(13)18-15/h5-10,16-17H,3-4,11-12H2,1-2H3. The second-order valence-corrected chi connectivity index (χ2v) is 4.61. The molecule has 1 unspecified atom stereocenters. The van der Waals surface area contributed by atoms with Gasteiger partial charge in [0.2, 0.25) is 0 Å². The molecule has 102 valence electrons. The van der Waals surface area contributed by atoms with Crippen LogP contribution in [-0.2, 0) is 4.74 Å². The van der Waals surface area contributed by atoms with Gasteiger partial charge in [-0.2, -0.15) is 0 Å². The lowest BCUT2D eigenvalue weighted by molar-refractivity contribution is 0.111. The van der Waals surface area contributed by atoms with E-state index in [0.717, 1.165) is 30.8 Å². The minimum atomic E-state index is 0.168. The zero-order valence-electron chi connectivity index (χ0n) is 11.7. The molecule has 1 atom stereocenters. The largest absolute Gasteiger partial charge is 0.379 e. The van der Waals surface area contributed by atoms with E-state index in [0.29, 0.717) is 6.61 Å². The summed E-state index contributed by atoms with van der Waals surface area (Å²) >= 11 is 0. The van der Waals surface area contributed by atoms with E-state index in [1.807, 2.05) is 12.1 Å². The Morgan fingerprint density at radius 3 is 2.79 bits per heavy atom. The van der Waals surface area contributed by atoms with E-state index in [2.05, 4.69) is 43.4 Å². The Hall–Kier alpha value is -1.45. The summed E-state index contributed by atoms with van der Waals surface area (Å²) in [5, 5.41) is 4.61. The Morgan fingerprint density at radius 2 is 2.00 bits per heavy atom. The number of aromatic nitrogens is 1. The molecule has 0 aliphatic carbocycles. The van der Waals surface area contributed by atoms with Crippen molar-refractivity contribution >= 4 is 10.9 Å². The van der Waals surface area contributed by atoms with E-state index < -0.39 is 0 Å². The number of hydrogen-bond acceptors (Lipinski definition) is 3. The molecule has 0 radical (unpaired) electrons. The van der Waals surface area contributed by atoms with Crippen molar-refractivity contribution in [3.05, 3.63) is 42.1 Å². The molecule has 1 N–H and O–H groups in total. The topological polar surface area (TPSA) is 34.1 Å². The normalized spacial score (nSPS) is 12.7. The molecule has 1 aromatic heterocycles. The van der Waals surface area contributed by atoms with Crippen LogP contribution < -0.4 is 5.32 Å². The van der Waals surface area contributed by atoms with Crippen LogP contribution in [0.4, 0.5) is 0 Å². The van der Waals surface area contributed by atoms with Crippen LogP contribution >= 0.6 is 0 Å². The van der Waals surface area contributed by atoms with Gasteiger partial charge in [-0.3, -0.25) is 4.98 Å². The smallest absolute Gasteiger partial charge is 0.0732 e. The van der Waals surface area contributed by atoms with E-state index in [-0.39, 0.29) is 6.04 Å². The predicted molar refractivity (Wildman–Crippen MR) is 79.3 cm³/mol. The second kappa shape index (κ2) is 7.22. The molecule has 3 nitrogen and oxygen atoms in total. The summed E-state index contributed by atoms with van der Waals surface area (Å²) in [7, 11) is 0. The number of para-hydroxylation sites is 1. The van der Waals surface area contributed by atoms with Crippen LogP contribution in [0.5, 0.6) is 0 Å². The molecular formula is C16H22N2O. The quantitative estimate of drug-likeness (QED) is 0.774. The third-order valence-corrected chi connectivity index (χ3v) is 3.06. The number of likely N-dealkylation sites (N-methyl/N-ethyl adjacent to an activating group) is 1. The van der Waals surface area contributed by atoms with Crippen molar-refractivity contribution in [3.63, 3.8) is 0 Å². The van der Waals surface area contributed by atoms with Gasteiger partial charge < -0.3 is 10.1 Å². The molecule has 1 aromatic carbocycles. The molecular weight excluding hydrogens is 236 g/mol. The first-order chi connectivity index (χ1) is 9.35. The zero-order valence-corrected chi connectivity index (χ0v) is 11.7. The van der Waals surface area contributed by atoms with Crippen LogP contribution in [0, 0.1) is 0 Å². The molecule has 0 aliphatic heterocycles. The lowest BCUT2D eigenvalue weighted by atomic mass is 10.1. The van der Waals surface area contributed by atoms with Crippen LogP contribution in [0.1, 0.15) is 32.0 Å². The zero-order chi connectivity index (χ0) is 13.5. The van der Waals surface area contributed by atoms with Gasteiger partial charge in [0.15, 0.2) is 0 Å². The molecule has 0 aliphatic rings. The second-order valence-electron chi connectivity index (χ2n) is 4.61. The van der Waals surface area contributed by atoms with E-state index in [4.69, 9.17) is 9.72 Å². The van der Waals surface area contributed by atoms with Gasteiger partial charge in [0.1, 0.15) is 0 Å². The summed E-state index contributed by atoms with van der Waals surface area (Å²) in [4.78, 5) is 4.73. The summed E-state index contributed by atoms with van der Waals surface area (Å²) in [6.07, 6.45) is 1.05. The Morgan fingerprint density at radius 1 is 1.16 bits per heavy atom. The lowest BCUT2D eigenvalue weighted by Crippen LogP contribution is -2.26. The first-order valence-corrected chi connectivity index (χ1v) is 7.02. The SMILES string of the molecule is CCCOCC(NCC)c1ccc2ccccc2n1. The maximum absolute atomic E-state index is 5.66. The van der Waals surface area contributed by atoms with E-state index >= 15 is 0 Å². The van der Waals surface area contributed by atoms with Gasteiger partial charge in [-0.15, -0.1) is 0 Å². The fraction of sp³-hybridized carbons (Fsp3) is 0.438. The van der Waals surface area contributed by atoms with E-state index in [1.165, 1.54) is 5.39 Å². The first-order valence-electron chi connectivity index (χ1n) is 7.02. The molecule has 19 heavy (non-hydrogen) atoms. The Labute approximate surface area is 115 Å². The highest BCUT2D eigenvalue weighted by Crippen LogP contribution is 2.17. The number of nitrogens with zero attached hydrogens (tertiary/aromatic N) is 1. The number of hydrogen-bond donors (Lipinski definition) is 1. The number of rotatable bonds is 7. The summed E-state index contributed by atoms with van der Waals surface area (Å²) in [5.74, 6) is 0. The Kier molecular flexibility index (Phi) is 5.31. The molecule has 0 saturated heterocycles. The molecule has 3 heteroatoms. The van der Waals surface area contributed by atoms with Crippen molar-refractivity contribution in [2.24, 2.45) is 0 Å². The van der Waals surface area contributed by atoms with E-state index in [1.54, 1.807) is 0 Å². The van der Waals surface area contributed by atoms with E-state index in [9.17, 15) is 0 Å². The van der Waals surface area contributed by atoms with Gasteiger partial charge in [0, 0.05) is 12.0 Å². The number of nitrogens with one attached hydrogen (secondary N) is 1. The number of pyridine rings is 1. The van der Waals surface area contributed by atoms with Crippen LogP contribution in [0.3, 0.4) is 0 Å². The van der Waals surface area contributed by atoms with Gasteiger partial charge >= 0.3 is 0 Å². The molecule has 0 saturated carbocycles. The fourth-order valence-corrected chi connectivity index (χ4v) is 2.12. The average molecular weight is 258 g/mol. The molecule has 0 fully saturated rings. The first kappa shape index (κ1) is 14.0. The van der Waals surface area contributed by atoms with Crippen molar-refractivity contribution in [2.45, 2.75) is 26.3 Å². The fourth-order valence-electron chi connectivity index (χ4n) is 2.12. The van der Waals surface area contributed by atoms with Crippen molar-refractivity contribution in [2.75, 3.05) is 19.8 Å². The Bertz CT molecular complexity index is 513. The highest BCUT2D eigenvalue weighted by Gasteiger charge is 2.12. The summed E-state index contributed by atoms with van der Waals surface area (Å²) in [6.45, 7) is 6.61. The summed E-state index contributed by atoms with van der Waals surface area (Å²) in [6, 6.07) is 12.6. The van der Waals surface area contributed by atoms with Crippen LogP contribution in [0.2, 0.25) is 0 Å². The van der Waals surface area contributed by atoms with Crippen molar-refractivity contribution in [3.8, 4) is 0 Å². The van der Waals surface area contributed by atoms with Crippen molar-refractivity contribution in [1.29, 1.82) is 0 Å². The molecule has 0 amide bonds. The summed E-state index contributed by atoms with van der Waals surface area (Å²) in [5.41, 5.74) is 2.09. The lowest BCUT2D eigenvalue weighted by Gasteiger charge is -2.17. The van der Waals surface area contributed by atoms with Gasteiger partial charge in [-0.25, -0.2) is 0 Å². The number of benzene rings is 1. The molecule has 0 spiro atoms. The molecule has 1 heterocycles. The van der Waals surface area contributed by atoms with Gasteiger partial charge in [0.05, 0.1) is 23.9 Å². The summed E-state index contributed by atoms with van der Waals surface area (Å²) < 4.78 is 5.66. The number of ether oxygens (including phenoxy) is 1. The van der Waals surface area contributed by atoms with Crippen LogP contribution in [0.15, 0.2) is 36.4 Å². The van der Waals surface area contributed by atoms with Gasteiger partial charge in [-0.1, -0.05) is 38.1 Å². The highest BCUT2D eigenvalue weighted by molar-refractivity contribution is 5.78. The minimum absolute atomic E-state index is 0.168. The van der Waals surface area contributed by atoms with Crippen LogP contribution in [-0.4, -0.2) is 24.7 Å². The third-order valence-electron chi connectivity index (χ3n) is 3.06. The molecule has 2 rings (SSSR count). The highest BCUT2D eigenvalue weighted by atomic mass is 16.5. The van der Waals surface area contributed by atoms with Crippen molar-refractivity contribution in [1.82, 2.24) is 10.3 Å². The number of fused-ring (bicyclic) bond motifs is 1. The van der Waals surface area contributed by atoms with Gasteiger partial charge in [0.25, 0.3) is 0 Å². The molecule has 0 bridgehead atoms. The molecule has 2 aromatic rings. The predicted octanol–water partition coefficient (Wildman–Crippen LogP) is 3.31. The monoisotopic (exact) mass is 258 g/mol. The maximum atomic E-state index is 5.66. The van der Waals surface area contributed by atoms with Crippen molar-refractivity contribution < 1.29 is 4.74 Å².